The van der Waals surface area contributed by atoms with Crippen LogP contribution in [0.2, 0.25) is 0 Å². The molecule has 0 aliphatic rings. The van der Waals surface area contributed by atoms with Gasteiger partial charge in [0.25, 0.3) is 5.91 Å². The predicted molar refractivity (Wildman–Crippen MR) is 86.8 cm³/mol. The van der Waals surface area contributed by atoms with Gasteiger partial charge in [-0.2, -0.15) is 5.10 Å². The smallest absolute Gasteiger partial charge is 0.326 e. The van der Waals surface area contributed by atoms with Crippen LogP contribution in [0.1, 0.15) is 41.4 Å². The molecule has 1 unspecified atom stereocenters. The lowest BCUT2D eigenvalue weighted by Crippen LogP contribution is -2.40. The number of carboxylic acid groups (broad SMARTS) is 1. The van der Waals surface area contributed by atoms with E-state index in [1.165, 1.54) is 6.20 Å². The molecule has 6 nitrogen and oxygen atoms in total. The SMILES string of the molecule is CCCC(NC(=O)c1cnn(-c2cccc(C)c2)c1C)C(=O)O. The average Bonchev–Trinajstić information content (AvgIpc) is 2.88. The zero-order chi connectivity index (χ0) is 17.0. The van der Waals surface area contributed by atoms with Gasteiger partial charge in [-0.25, -0.2) is 9.48 Å². The molecule has 1 aromatic heterocycles. The number of aromatic nitrogens is 2. The van der Waals surface area contributed by atoms with Gasteiger partial charge in [0.2, 0.25) is 0 Å². The highest BCUT2D eigenvalue weighted by Crippen LogP contribution is 2.15. The second-order valence-corrected chi connectivity index (χ2v) is 5.55. The Morgan fingerprint density at radius 1 is 1.35 bits per heavy atom. The molecule has 1 amide bonds. The van der Waals surface area contributed by atoms with Crippen LogP contribution in [0.5, 0.6) is 0 Å². The lowest BCUT2D eigenvalue weighted by molar-refractivity contribution is -0.139. The number of carbonyl (C=O) groups excluding carboxylic acids is 1. The Bertz CT molecular complexity index is 722. The summed E-state index contributed by atoms with van der Waals surface area (Å²) >= 11 is 0. The number of carbonyl (C=O) groups is 2. The van der Waals surface area contributed by atoms with E-state index in [2.05, 4.69) is 10.4 Å². The average molecular weight is 315 g/mol. The van der Waals surface area contributed by atoms with Crippen molar-refractivity contribution < 1.29 is 14.7 Å². The molecular formula is C17H21N3O3. The molecule has 1 atom stereocenters. The molecule has 0 aliphatic carbocycles. The van der Waals surface area contributed by atoms with Gasteiger partial charge < -0.3 is 10.4 Å². The number of nitrogens with one attached hydrogen (secondary N) is 1. The van der Waals surface area contributed by atoms with Crippen LogP contribution in [-0.4, -0.2) is 32.8 Å². The largest absolute Gasteiger partial charge is 0.480 e. The van der Waals surface area contributed by atoms with Crippen molar-refractivity contribution in [3.63, 3.8) is 0 Å². The molecule has 0 bridgehead atoms. The zero-order valence-corrected chi connectivity index (χ0v) is 13.5. The van der Waals surface area contributed by atoms with Crippen LogP contribution >= 0.6 is 0 Å². The molecule has 2 aromatic rings. The second-order valence-electron chi connectivity index (χ2n) is 5.55. The maximum absolute atomic E-state index is 12.3. The van der Waals surface area contributed by atoms with Crippen molar-refractivity contribution in [3.8, 4) is 5.69 Å². The molecule has 0 saturated carbocycles. The van der Waals surface area contributed by atoms with Crippen molar-refractivity contribution >= 4 is 11.9 Å². The third kappa shape index (κ3) is 3.77. The quantitative estimate of drug-likeness (QED) is 0.857. The molecule has 1 aromatic carbocycles. The maximum atomic E-state index is 12.3. The number of aliphatic carboxylic acids is 1. The first-order chi connectivity index (χ1) is 10.9. The van der Waals surface area contributed by atoms with E-state index in [1.54, 1.807) is 11.6 Å². The van der Waals surface area contributed by atoms with Crippen molar-refractivity contribution in [2.45, 2.75) is 39.7 Å². The van der Waals surface area contributed by atoms with Gasteiger partial charge in [0.15, 0.2) is 0 Å². The van der Waals surface area contributed by atoms with Crippen LogP contribution in [0.3, 0.4) is 0 Å². The molecule has 0 aliphatic heterocycles. The lowest BCUT2D eigenvalue weighted by Gasteiger charge is -2.13. The Labute approximate surface area is 135 Å². The Hall–Kier alpha value is -2.63. The van der Waals surface area contributed by atoms with Crippen LogP contribution in [-0.2, 0) is 4.79 Å². The number of rotatable bonds is 6. The third-order valence-electron chi connectivity index (χ3n) is 3.68. The van der Waals surface area contributed by atoms with Gasteiger partial charge in [-0.1, -0.05) is 25.5 Å². The number of amides is 1. The van der Waals surface area contributed by atoms with E-state index in [1.807, 2.05) is 38.1 Å². The zero-order valence-electron chi connectivity index (χ0n) is 13.5. The van der Waals surface area contributed by atoms with Crippen LogP contribution in [0.15, 0.2) is 30.5 Å². The van der Waals surface area contributed by atoms with Crippen molar-refractivity contribution in [2.75, 3.05) is 0 Å². The molecule has 2 N–H and O–H groups in total. The van der Waals surface area contributed by atoms with E-state index in [0.717, 1.165) is 11.3 Å². The summed E-state index contributed by atoms with van der Waals surface area (Å²) in [6.07, 6.45) is 2.54. The van der Waals surface area contributed by atoms with E-state index in [9.17, 15) is 9.59 Å². The van der Waals surface area contributed by atoms with Gasteiger partial charge in [-0.3, -0.25) is 4.79 Å². The normalized spacial score (nSPS) is 12.0. The molecule has 2 rings (SSSR count). The summed E-state index contributed by atoms with van der Waals surface area (Å²) in [6.45, 7) is 5.65. The Balaban J connectivity index is 2.24. The molecule has 0 radical (unpaired) electrons. The monoisotopic (exact) mass is 315 g/mol. The van der Waals surface area contributed by atoms with Gasteiger partial charge >= 0.3 is 5.97 Å². The summed E-state index contributed by atoms with van der Waals surface area (Å²) in [7, 11) is 0. The Morgan fingerprint density at radius 2 is 2.09 bits per heavy atom. The molecule has 0 saturated heterocycles. The van der Waals surface area contributed by atoms with E-state index in [4.69, 9.17) is 5.11 Å². The predicted octanol–water partition coefficient (Wildman–Crippen LogP) is 2.47. The van der Waals surface area contributed by atoms with Crippen LogP contribution in [0.25, 0.3) is 5.69 Å². The molecule has 1 heterocycles. The fourth-order valence-corrected chi connectivity index (χ4v) is 2.43. The lowest BCUT2D eigenvalue weighted by atomic mass is 10.1. The highest BCUT2D eigenvalue weighted by molar-refractivity contribution is 5.97. The minimum Gasteiger partial charge on any atom is -0.480 e. The summed E-state index contributed by atoms with van der Waals surface area (Å²) < 4.78 is 1.68. The molecule has 23 heavy (non-hydrogen) atoms. The van der Waals surface area contributed by atoms with Gasteiger partial charge in [0, 0.05) is 0 Å². The fourth-order valence-electron chi connectivity index (χ4n) is 2.43. The van der Waals surface area contributed by atoms with Gasteiger partial charge in [0.1, 0.15) is 6.04 Å². The number of aryl methyl sites for hydroxylation is 1. The minimum atomic E-state index is -1.02. The highest BCUT2D eigenvalue weighted by atomic mass is 16.4. The molecule has 0 fully saturated rings. The fraction of sp³-hybridized carbons (Fsp3) is 0.353. The molecule has 6 heteroatoms. The number of hydrogen-bond donors (Lipinski definition) is 2. The van der Waals surface area contributed by atoms with Gasteiger partial charge in [0.05, 0.1) is 23.1 Å². The van der Waals surface area contributed by atoms with E-state index in [-0.39, 0.29) is 0 Å². The highest BCUT2D eigenvalue weighted by Gasteiger charge is 2.22. The number of hydrogen-bond acceptors (Lipinski definition) is 3. The summed E-state index contributed by atoms with van der Waals surface area (Å²) in [4.78, 5) is 23.5. The van der Waals surface area contributed by atoms with E-state index < -0.39 is 17.9 Å². The maximum Gasteiger partial charge on any atom is 0.326 e. The van der Waals surface area contributed by atoms with E-state index in [0.29, 0.717) is 24.1 Å². The molecule has 122 valence electrons. The topological polar surface area (TPSA) is 84.2 Å². The Morgan fingerprint density at radius 3 is 2.70 bits per heavy atom. The van der Waals surface area contributed by atoms with Gasteiger partial charge in [-0.05, 0) is 38.0 Å². The van der Waals surface area contributed by atoms with Crippen molar-refractivity contribution in [1.82, 2.24) is 15.1 Å². The van der Waals surface area contributed by atoms with Crippen LogP contribution in [0.4, 0.5) is 0 Å². The minimum absolute atomic E-state index is 0.383. The second kappa shape index (κ2) is 7.09. The summed E-state index contributed by atoms with van der Waals surface area (Å²) in [6, 6.07) is 6.91. The molecular weight excluding hydrogens is 294 g/mol. The van der Waals surface area contributed by atoms with Crippen molar-refractivity contribution in [1.29, 1.82) is 0 Å². The first kappa shape index (κ1) is 16.7. The summed E-state index contributed by atoms with van der Waals surface area (Å²) in [5, 5.41) is 16.0. The first-order valence-corrected chi connectivity index (χ1v) is 7.59. The Kier molecular flexibility index (Phi) is 5.16. The standard InChI is InChI=1S/C17H21N3O3/c1-4-6-15(17(22)23)19-16(21)14-10-18-20(12(14)3)13-8-5-7-11(2)9-13/h5,7-10,15H,4,6H2,1-3H3,(H,19,21)(H,22,23). The first-order valence-electron chi connectivity index (χ1n) is 7.59. The number of nitrogens with zero attached hydrogens (tertiary/aromatic N) is 2. The summed E-state index contributed by atoms with van der Waals surface area (Å²) in [5.41, 5.74) is 3.02. The van der Waals surface area contributed by atoms with Crippen molar-refractivity contribution in [2.24, 2.45) is 0 Å². The summed E-state index contributed by atoms with van der Waals surface area (Å²) in [5.74, 6) is -1.44. The number of benzene rings is 1. The molecule has 0 spiro atoms. The van der Waals surface area contributed by atoms with Gasteiger partial charge in [-0.15, -0.1) is 0 Å². The third-order valence-corrected chi connectivity index (χ3v) is 3.68. The number of carboxylic acids is 1. The van der Waals surface area contributed by atoms with E-state index >= 15 is 0 Å². The van der Waals surface area contributed by atoms with Crippen LogP contribution < -0.4 is 5.32 Å². The van der Waals surface area contributed by atoms with Crippen molar-refractivity contribution in [3.05, 3.63) is 47.3 Å². The van der Waals surface area contributed by atoms with Crippen LogP contribution in [0, 0.1) is 13.8 Å².